The number of nitrogens with one attached hydrogen (secondary N) is 1. The Bertz CT molecular complexity index is 445. The van der Waals surface area contributed by atoms with Crippen molar-refractivity contribution in [2.45, 2.75) is 30.7 Å². The molecule has 104 valence electrons. The van der Waals surface area contributed by atoms with Crippen molar-refractivity contribution in [3.63, 3.8) is 0 Å². The summed E-state index contributed by atoms with van der Waals surface area (Å²) in [4.78, 5) is 12.8. The molecule has 19 heavy (non-hydrogen) atoms. The molecule has 0 saturated carbocycles. The summed E-state index contributed by atoms with van der Waals surface area (Å²) in [6.07, 6.45) is 1.81. The number of ether oxygens (including phenoxy) is 1. The number of nitrogen functional groups attached to an aromatic ring is 1. The van der Waals surface area contributed by atoms with E-state index in [1.54, 1.807) is 0 Å². The van der Waals surface area contributed by atoms with Gasteiger partial charge in [-0.3, -0.25) is 4.79 Å². The second kappa shape index (κ2) is 6.82. The smallest absolute Gasteiger partial charge is 0.230 e. The van der Waals surface area contributed by atoms with Gasteiger partial charge in [0.25, 0.3) is 0 Å². The zero-order chi connectivity index (χ0) is 13.7. The van der Waals surface area contributed by atoms with E-state index in [9.17, 15) is 4.79 Å². The van der Waals surface area contributed by atoms with E-state index >= 15 is 0 Å². The number of benzene rings is 1. The molecule has 0 spiro atoms. The van der Waals surface area contributed by atoms with E-state index in [-0.39, 0.29) is 11.9 Å². The highest BCUT2D eigenvalue weighted by molar-refractivity contribution is 8.00. The summed E-state index contributed by atoms with van der Waals surface area (Å²) >= 11 is 1.48. The Balaban J connectivity index is 1.79. The van der Waals surface area contributed by atoms with Crippen molar-refractivity contribution in [1.29, 1.82) is 0 Å². The number of amides is 1. The molecule has 1 fully saturated rings. The fourth-order valence-electron chi connectivity index (χ4n) is 2.05. The molecule has 1 aromatic rings. The normalized spacial score (nSPS) is 16.3. The van der Waals surface area contributed by atoms with Gasteiger partial charge in [-0.25, -0.2) is 0 Å². The van der Waals surface area contributed by atoms with Gasteiger partial charge in [0, 0.05) is 29.8 Å². The van der Waals surface area contributed by atoms with E-state index < -0.39 is 0 Å². The monoisotopic (exact) mass is 280 g/mol. The van der Waals surface area contributed by atoms with E-state index in [0.29, 0.717) is 5.75 Å². The first-order valence-electron chi connectivity index (χ1n) is 6.51. The summed E-state index contributed by atoms with van der Waals surface area (Å²) in [6, 6.07) is 6.17. The number of anilines is 1. The van der Waals surface area contributed by atoms with Crippen molar-refractivity contribution in [1.82, 2.24) is 5.32 Å². The van der Waals surface area contributed by atoms with Crippen LogP contribution in [-0.4, -0.2) is 30.9 Å². The molecule has 0 aliphatic carbocycles. The van der Waals surface area contributed by atoms with Gasteiger partial charge in [-0.2, -0.15) is 0 Å². The number of carbonyl (C=O) groups is 1. The van der Waals surface area contributed by atoms with Crippen molar-refractivity contribution >= 4 is 23.4 Å². The van der Waals surface area contributed by atoms with Crippen LogP contribution in [-0.2, 0) is 9.53 Å². The zero-order valence-corrected chi connectivity index (χ0v) is 12.0. The first-order chi connectivity index (χ1) is 9.15. The Kier molecular flexibility index (Phi) is 5.10. The Morgan fingerprint density at radius 3 is 2.89 bits per heavy atom. The van der Waals surface area contributed by atoms with Crippen LogP contribution in [0.2, 0.25) is 0 Å². The van der Waals surface area contributed by atoms with Gasteiger partial charge < -0.3 is 15.8 Å². The molecular weight excluding hydrogens is 260 g/mol. The minimum absolute atomic E-state index is 0.0666. The fourth-order valence-corrected chi connectivity index (χ4v) is 2.81. The largest absolute Gasteiger partial charge is 0.398 e. The lowest BCUT2D eigenvalue weighted by atomic mass is 10.1. The third-order valence-corrected chi connectivity index (χ3v) is 4.20. The average molecular weight is 280 g/mol. The van der Waals surface area contributed by atoms with Crippen LogP contribution in [0.25, 0.3) is 0 Å². The standard InChI is InChI=1S/C14H20N2O2S/c1-10-2-3-13(12(15)8-10)19-9-14(17)16-11-4-6-18-7-5-11/h2-3,8,11H,4-7,9,15H2,1H3,(H,16,17). The van der Waals surface area contributed by atoms with E-state index in [4.69, 9.17) is 10.5 Å². The summed E-state index contributed by atoms with van der Waals surface area (Å²) in [5, 5.41) is 3.04. The molecule has 1 aromatic carbocycles. The fraction of sp³-hybridized carbons (Fsp3) is 0.500. The van der Waals surface area contributed by atoms with Crippen LogP contribution >= 0.6 is 11.8 Å². The highest BCUT2D eigenvalue weighted by Gasteiger charge is 2.16. The van der Waals surface area contributed by atoms with Gasteiger partial charge in [0.2, 0.25) is 5.91 Å². The summed E-state index contributed by atoms with van der Waals surface area (Å²) in [6.45, 7) is 3.48. The third kappa shape index (κ3) is 4.44. The molecule has 1 aliphatic rings. The number of hydrogen-bond donors (Lipinski definition) is 2. The van der Waals surface area contributed by atoms with Crippen molar-refractivity contribution in [2.24, 2.45) is 0 Å². The summed E-state index contributed by atoms with van der Waals surface area (Å²) in [7, 11) is 0. The number of thioether (sulfide) groups is 1. The maximum absolute atomic E-state index is 11.8. The molecule has 1 aliphatic heterocycles. The highest BCUT2D eigenvalue weighted by atomic mass is 32.2. The number of rotatable bonds is 4. The topological polar surface area (TPSA) is 64.3 Å². The lowest BCUT2D eigenvalue weighted by Gasteiger charge is -2.23. The molecule has 3 N–H and O–H groups in total. The zero-order valence-electron chi connectivity index (χ0n) is 11.1. The van der Waals surface area contributed by atoms with Crippen LogP contribution in [0.3, 0.4) is 0 Å². The van der Waals surface area contributed by atoms with E-state index in [1.807, 2.05) is 25.1 Å². The van der Waals surface area contributed by atoms with Crippen molar-refractivity contribution in [2.75, 3.05) is 24.7 Å². The minimum atomic E-state index is 0.0666. The van der Waals surface area contributed by atoms with Crippen LogP contribution < -0.4 is 11.1 Å². The lowest BCUT2D eigenvalue weighted by Crippen LogP contribution is -2.39. The average Bonchev–Trinajstić information content (AvgIpc) is 2.39. The molecule has 0 radical (unpaired) electrons. The molecule has 0 unspecified atom stereocenters. The van der Waals surface area contributed by atoms with Gasteiger partial charge >= 0.3 is 0 Å². The number of carbonyl (C=O) groups excluding carboxylic acids is 1. The Labute approximate surface area is 118 Å². The molecule has 1 amide bonds. The van der Waals surface area contributed by atoms with E-state index in [1.165, 1.54) is 11.8 Å². The van der Waals surface area contributed by atoms with E-state index in [2.05, 4.69) is 5.32 Å². The van der Waals surface area contributed by atoms with Crippen LogP contribution in [0.1, 0.15) is 18.4 Å². The summed E-state index contributed by atoms with van der Waals surface area (Å²) in [5.74, 6) is 0.474. The molecule has 0 bridgehead atoms. The second-order valence-corrected chi connectivity index (χ2v) is 5.80. The first-order valence-corrected chi connectivity index (χ1v) is 7.50. The molecule has 0 aromatic heterocycles. The van der Waals surface area contributed by atoms with Crippen molar-refractivity contribution < 1.29 is 9.53 Å². The van der Waals surface area contributed by atoms with Crippen LogP contribution in [0.5, 0.6) is 0 Å². The predicted molar refractivity (Wildman–Crippen MR) is 78.3 cm³/mol. The van der Waals surface area contributed by atoms with Crippen molar-refractivity contribution in [3.05, 3.63) is 23.8 Å². The van der Waals surface area contributed by atoms with Crippen LogP contribution in [0, 0.1) is 6.92 Å². The summed E-state index contributed by atoms with van der Waals surface area (Å²) < 4.78 is 5.26. The minimum Gasteiger partial charge on any atom is -0.398 e. The maximum atomic E-state index is 11.8. The first kappa shape index (κ1) is 14.2. The summed E-state index contributed by atoms with van der Waals surface area (Å²) in [5.41, 5.74) is 7.80. The number of hydrogen-bond acceptors (Lipinski definition) is 4. The molecule has 4 nitrogen and oxygen atoms in total. The SMILES string of the molecule is Cc1ccc(SCC(=O)NC2CCOCC2)c(N)c1. The molecule has 1 heterocycles. The molecule has 0 atom stereocenters. The Morgan fingerprint density at radius 1 is 1.47 bits per heavy atom. The molecule has 5 heteroatoms. The second-order valence-electron chi connectivity index (χ2n) is 4.78. The predicted octanol–water partition coefficient (Wildman–Crippen LogP) is 1.96. The number of aryl methyl sites for hydroxylation is 1. The third-order valence-electron chi connectivity index (χ3n) is 3.11. The van der Waals surface area contributed by atoms with Crippen LogP contribution in [0.15, 0.2) is 23.1 Å². The number of nitrogens with two attached hydrogens (primary N) is 1. The van der Waals surface area contributed by atoms with Gasteiger partial charge in [-0.15, -0.1) is 11.8 Å². The Morgan fingerprint density at radius 2 is 2.21 bits per heavy atom. The molecular formula is C14H20N2O2S. The molecule has 2 rings (SSSR count). The maximum Gasteiger partial charge on any atom is 0.230 e. The quantitative estimate of drug-likeness (QED) is 0.654. The van der Waals surface area contributed by atoms with Crippen molar-refractivity contribution in [3.8, 4) is 0 Å². The van der Waals surface area contributed by atoms with Gasteiger partial charge in [0.15, 0.2) is 0 Å². The molecule has 1 saturated heterocycles. The van der Waals surface area contributed by atoms with Crippen LogP contribution in [0.4, 0.5) is 5.69 Å². The van der Waals surface area contributed by atoms with Gasteiger partial charge in [-0.05, 0) is 37.5 Å². The van der Waals surface area contributed by atoms with E-state index in [0.717, 1.165) is 42.2 Å². The lowest BCUT2D eigenvalue weighted by molar-refractivity contribution is -0.119. The van der Waals surface area contributed by atoms with Gasteiger partial charge in [0.05, 0.1) is 5.75 Å². The van der Waals surface area contributed by atoms with Gasteiger partial charge in [-0.1, -0.05) is 6.07 Å². The highest BCUT2D eigenvalue weighted by Crippen LogP contribution is 2.25. The Hall–Kier alpha value is -1.20. The van der Waals surface area contributed by atoms with Gasteiger partial charge in [0.1, 0.15) is 0 Å².